The van der Waals surface area contributed by atoms with Crippen LogP contribution in [0.25, 0.3) is 0 Å². The van der Waals surface area contributed by atoms with Crippen LogP contribution >= 0.6 is 11.6 Å². The Labute approximate surface area is 108 Å². The Morgan fingerprint density at radius 1 is 1.35 bits per heavy atom. The van der Waals surface area contributed by atoms with Crippen molar-refractivity contribution in [2.75, 3.05) is 13.6 Å². The summed E-state index contributed by atoms with van der Waals surface area (Å²) in [5, 5.41) is 10.4. The topological polar surface area (TPSA) is 23.5 Å². The highest BCUT2D eigenvalue weighted by molar-refractivity contribution is 6.30. The number of halogens is 1. The Morgan fingerprint density at radius 2 is 2.06 bits per heavy atom. The zero-order chi connectivity index (χ0) is 12.3. The predicted octanol–water partition coefficient (Wildman–Crippen LogP) is 3.67. The fourth-order valence-electron chi connectivity index (χ4n) is 2.67. The standard InChI is InChI=1S/C14H20ClNO/c1-16(9-11-4-2-3-5-11)10-12-8-13(15)6-7-14(12)17/h6-8,11,17H,2-5,9-10H2,1H3. The smallest absolute Gasteiger partial charge is 0.120 e. The molecule has 17 heavy (non-hydrogen) atoms. The van der Waals surface area contributed by atoms with Crippen LogP contribution in [0.2, 0.25) is 5.02 Å². The zero-order valence-corrected chi connectivity index (χ0v) is 11.1. The van der Waals surface area contributed by atoms with E-state index in [1.54, 1.807) is 12.1 Å². The van der Waals surface area contributed by atoms with E-state index in [0.29, 0.717) is 10.8 Å². The van der Waals surface area contributed by atoms with E-state index in [1.807, 2.05) is 6.07 Å². The highest BCUT2D eigenvalue weighted by Gasteiger charge is 2.17. The van der Waals surface area contributed by atoms with Crippen LogP contribution in [0.5, 0.6) is 5.75 Å². The molecule has 0 bridgehead atoms. The van der Waals surface area contributed by atoms with Crippen molar-refractivity contribution in [1.29, 1.82) is 0 Å². The van der Waals surface area contributed by atoms with Crippen molar-refractivity contribution in [2.24, 2.45) is 5.92 Å². The fraction of sp³-hybridized carbons (Fsp3) is 0.571. The molecular weight excluding hydrogens is 234 g/mol. The molecule has 1 aromatic carbocycles. The number of phenolic OH excluding ortho intramolecular Hbond substituents is 1. The van der Waals surface area contributed by atoms with E-state index < -0.39 is 0 Å². The minimum Gasteiger partial charge on any atom is -0.508 e. The second kappa shape index (κ2) is 5.74. The molecule has 1 aliphatic rings. The SMILES string of the molecule is CN(Cc1cc(Cl)ccc1O)CC1CCCC1. The molecule has 0 heterocycles. The Bertz CT molecular complexity index is 374. The van der Waals surface area contributed by atoms with Crippen LogP contribution in [-0.2, 0) is 6.54 Å². The first-order valence-corrected chi connectivity index (χ1v) is 6.69. The largest absolute Gasteiger partial charge is 0.508 e. The van der Waals surface area contributed by atoms with Crippen molar-refractivity contribution in [1.82, 2.24) is 4.90 Å². The van der Waals surface area contributed by atoms with Crippen molar-refractivity contribution in [3.8, 4) is 5.75 Å². The molecule has 0 saturated heterocycles. The Kier molecular flexibility index (Phi) is 4.30. The second-order valence-corrected chi connectivity index (χ2v) is 5.56. The molecule has 2 rings (SSSR count). The van der Waals surface area contributed by atoms with Crippen LogP contribution in [0.4, 0.5) is 0 Å². The minimum atomic E-state index is 0.340. The summed E-state index contributed by atoms with van der Waals surface area (Å²) in [5.74, 6) is 1.17. The average molecular weight is 254 g/mol. The van der Waals surface area contributed by atoms with Crippen molar-refractivity contribution >= 4 is 11.6 Å². The average Bonchev–Trinajstić information content (AvgIpc) is 2.76. The highest BCUT2D eigenvalue weighted by atomic mass is 35.5. The quantitative estimate of drug-likeness (QED) is 0.885. The Hall–Kier alpha value is -0.730. The van der Waals surface area contributed by atoms with Gasteiger partial charge in [0.15, 0.2) is 0 Å². The van der Waals surface area contributed by atoms with Gasteiger partial charge in [-0.2, -0.15) is 0 Å². The van der Waals surface area contributed by atoms with Crippen LogP contribution in [0.15, 0.2) is 18.2 Å². The van der Waals surface area contributed by atoms with Gasteiger partial charge in [-0.25, -0.2) is 0 Å². The predicted molar refractivity (Wildman–Crippen MR) is 71.4 cm³/mol. The third kappa shape index (κ3) is 3.62. The maximum absolute atomic E-state index is 9.76. The number of aromatic hydroxyl groups is 1. The van der Waals surface area contributed by atoms with E-state index in [0.717, 1.165) is 24.6 Å². The first-order chi connectivity index (χ1) is 8.15. The summed E-state index contributed by atoms with van der Waals surface area (Å²) >= 11 is 5.94. The van der Waals surface area contributed by atoms with E-state index in [-0.39, 0.29) is 0 Å². The molecule has 0 aromatic heterocycles. The monoisotopic (exact) mass is 253 g/mol. The molecule has 94 valence electrons. The molecule has 3 heteroatoms. The number of hydrogen-bond donors (Lipinski definition) is 1. The summed E-state index contributed by atoms with van der Waals surface area (Å²) in [7, 11) is 2.11. The molecule has 2 nitrogen and oxygen atoms in total. The number of hydrogen-bond acceptors (Lipinski definition) is 2. The molecule has 0 radical (unpaired) electrons. The molecular formula is C14H20ClNO. The van der Waals surface area contributed by atoms with Gasteiger partial charge in [0.25, 0.3) is 0 Å². The molecule has 1 aliphatic carbocycles. The van der Waals surface area contributed by atoms with Crippen LogP contribution in [-0.4, -0.2) is 23.6 Å². The lowest BCUT2D eigenvalue weighted by atomic mass is 10.1. The third-order valence-electron chi connectivity index (χ3n) is 3.53. The van der Waals surface area contributed by atoms with E-state index >= 15 is 0 Å². The highest BCUT2D eigenvalue weighted by Crippen LogP contribution is 2.27. The van der Waals surface area contributed by atoms with Crippen LogP contribution in [0.1, 0.15) is 31.2 Å². The van der Waals surface area contributed by atoms with Crippen LogP contribution in [0.3, 0.4) is 0 Å². The van der Waals surface area contributed by atoms with Gasteiger partial charge >= 0.3 is 0 Å². The van der Waals surface area contributed by atoms with Gasteiger partial charge in [0, 0.05) is 23.7 Å². The fourth-order valence-corrected chi connectivity index (χ4v) is 2.86. The molecule has 1 saturated carbocycles. The number of phenols is 1. The van der Waals surface area contributed by atoms with E-state index in [4.69, 9.17) is 11.6 Å². The van der Waals surface area contributed by atoms with Gasteiger partial charge in [0.2, 0.25) is 0 Å². The zero-order valence-electron chi connectivity index (χ0n) is 10.3. The maximum atomic E-state index is 9.76. The van der Waals surface area contributed by atoms with Crippen LogP contribution < -0.4 is 0 Å². The second-order valence-electron chi connectivity index (χ2n) is 5.12. The summed E-state index contributed by atoms with van der Waals surface area (Å²) < 4.78 is 0. The Morgan fingerprint density at radius 3 is 2.76 bits per heavy atom. The van der Waals surface area contributed by atoms with Gasteiger partial charge in [-0.15, -0.1) is 0 Å². The van der Waals surface area contributed by atoms with Gasteiger partial charge in [0.1, 0.15) is 5.75 Å². The summed E-state index contributed by atoms with van der Waals surface area (Å²) in [6.07, 6.45) is 5.46. The van der Waals surface area contributed by atoms with E-state index in [1.165, 1.54) is 25.7 Å². The summed E-state index contributed by atoms with van der Waals surface area (Å²) in [6.45, 7) is 1.88. The number of rotatable bonds is 4. The van der Waals surface area contributed by atoms with Crippen molar-refractivity contribution in [3.63, 3.8) is 0 Å². The minimum absolute atomic E-state index is 0.340. The number of nitrogens with zero attached hydrogens (tertiary/aromatic N) is 1. The lowest BCUT2D eigenvalue weighted by molar-refractivity contribution is 0.268. The normalized spacial score (nSPS) is 16.9. The van der Waals surface area contributed by atoms with Gasteiger partial charge in [-0.05, 0) is 44.0 Å². The van der Waals surface area contributed by atoms with E-state index in [9.17, 15) is 5.11 Å². The molecule has 1 N–H and O–H groups in total. The molecule has 0 atom stereocenters. The van der Waals surface area contributed by atoms with Crippen molar-refractivity contribution in [3.05, 3.63) is 28.8 Å². The summed E-state index contributed by atoms with van der Waals surface area (Å²) in [5.41, 5.74) is 0.915. The molecule has 0 spiro atoms. The lowest BCUT2D eigenvalue weighted by Crippen LogP contribution is -2.24. The maximum Gasteiger partial charge on any atom is 0.120 e. The van der Waals surface area contributed by atoms with Crippen LogP contribution in [0, 0.1) is 5.92 Å². The van der Waals surface area contributed by atoms with Gasteiger partial charge in [0.05, 0.1) is 0 Å². The molecule has 0 amide bonds. The molecule has 1 aromatic rings. The summed E-state index contributed by atoms with van der Waals surface area (Å²) in [4.78, 5) is 2.28. The molecule has 0 aliphatic heterocycles. The number of benzene rings is 1. The summed E-state index contributed by atoms with van der Waals surface area (Å²) in [6, 6.07) is 5.24. The van der Waals surface area contributed by atoms with Crippen molar-refractivity contribution in [2.45, 2.75) is 32.2 Å². The third-order valence-corrected chi connectivity index (χ3v) is 3.76. The lowest BCUT2D eigenvalue weighted by Gasteiger charge is -2.21. The molecule has 1 fully saturated rings. The van der Waals surface area contributed by atoms with Crippen molar-refractivity contribution < 1.29 is 5.11 Å². The molecule has 0 unspecified atom stereocenters. The van der Waals surface area contributed by atoms with E-state index in [2.05, 4.69) is 11.9 Å². The van der Waals surface area contributed by atoms with Gasteiger partial charge < -0.3 is 10.0 Å². The first kappa shape index (κ1) is 12.7. The Balaban J connectivity index is 1.92. The van der Waals surface area contributed by atoms with Gasteiger partial charge in [-0.3, -0.25) is 0 Å². The van der Waals surface area contributed by atoms with Gasteiger partial charge in [-0.1, -0.05) is 24.4 Å². The first-order valence-electron chi connectivity index (χ1n) is 6.31.